The average Bonchev–Trinajstić information content (AvgIpc) is 3.47. The molecular weight excluding hydrogens is 370 g/mol. The van der Waals surface area contributed by atoms with Crippen molar-refractivity contribution in [2.45, 2.75) is 32.4 Å². The summed E-state index contributed by atoms with van der Waals surface area (Å²) in [5.74, 6) is 0.801. The quantitative estimate of drug-likeness (QED) is 0.680. The molecule has 2 atom stereocenters. The van der Waals surface area contributed by atoms with E-state index in [1.807, 2.05) is 32.0 Å². The zero-order chi connectivity index (χ0) is 20.4. The number of benzene rings is 1. The molecule has 29 heavy (non-hydrogen) atoms. The summed E-state index contributed by atoms with van der Waals surface area (Å²) in [6.07, 6.45) is 1.62. The van der Waals surface area contributed by atoms with E-state index < -0.39 is 0 Å². The number of nitrogens with one attached hydrogen (secondary N) is 2. The fraction of sp³-hybridized carbons (Fsp3) is 0.350. The van der Waals surface area contributed by atoms with E-state index in [2.05, 4.69) is 25.6 Å². The van der Waals surface area contributed by atoms with Crippen LogP contribution in [0.1, 0.15) is 45.3 Å². The van der Waals surface area contributed by atoms with Crippen molar-refractivity contribution in [2.75, 3.05) is 13.1 Å². The van der Waals surface area contributed by atoms with Gasteiger partial charge in [0.1, 0.15) is 11.5 Å². The van der Waals surface area contributed by atoms with Gasteiger partial charge >= 0.3 is 0 Å². The van der Waals surface area contributed by atoms with Gasteiger partial charge in [-0.1, -0.05) is 18.2 Å². The number of hydrogen-bond donors (Lipinski definition) is 2. The van der Waals surface area contributed by atoms with Gasteiger partial charge in [0, 0.05) is 31.4 Å². The van der Waals surface area contributed by atoms with Crippen molar-refractivity contribution in [1.82, 2.24) is 35.2 Å². The molecule has 0 radical (unpaired) electrons. The maximum absolute atomic E-state index is 13.1. The smallest absolute Gasteiger partial charge is 0.272 e. The number of likely N-dealkylation sites (tertiary alicyclic amines) is 1. The summed E-state index contributed by atoms with van der Waals surface area (Å²) in [6.45, 7) is 5.18. The topological polar surface area (TPSA) is 109 Å². The van der Waals surface area contributed by atoms with Crippen molar-refractivity contribution >= 4 is 11.8 Å². The van der Waals surface area contributed by atoms with Crippen molar-refractivity contribution < 1.29 is 9.59 Å². The van der Waals surface area contributed by atoms with E-state index in [9.17, 15) is 9.59 Å². The van der Waals surface area contributed by atoms with Gasteiger partial charge in [0.2, 0.25) is 0 Å². The van der Waals surface area contributed by atoms with Crippen molar-refractivity contribution in [2.24, 2.45) is 0 Å². The van der Waals surface area contributed by atoms with Gasteiger partial charge in [-0.3, -0.25) is 19.4 Å². The van der Waals surface area contributed by atoms with Crippen LogP contribution in [0.15, 0.2) is 42.6 Å². The zero-order valence-electron chi connectivity index (χ0n) is 16.4. The third kappa shape index (κ3) is 3.75. The highest BCUT2D eigenvalue weighted by Crippen LogP contribution is 2.27. The number of hydrogen-bond acceptors (Lipinski definition) is 5. The Morgan fingerprint density at radius 2 is 2.00 bits per heavy atom. The lowest BCUT2D eigenvalue weighted by Gasteiger charge is -2.18. The van der Waals surface area contributed by atoms with Crippen LogP contribution in [0.5, 0.6) is 0 Å². The van der Waals surface area contributed by atoms with Gasteiger partial charge in [0.05, 0.1) is 12.0 Å². The summed E-state index contributed by atoms with van der Waals surface area (Å²) >= 11 is 0. The first-order valence-electron chi connectivity index (χ1n) is 9.62. The van der Waals surface area contributed by atoms with Gasteiger partial charge in [0.15, 0.2) is 5.82 Å². The van der Waals surface area contributed by atoms with Gasteiger partial charge in [0.25, 0.3) is 11.8 Å². The number of aromatic nitrogens is 5. The Morgan fingerprint density at radius 1 is 1.21 bits per heavy atom. The SMILES string of the molecule is CCn1nccc1C(=O)N1C[C@@H](NC(=O)c2ccccc2)[C@H](c2n[nH]c(C)n2)C1. The first-order valence-corrected chi connectivity index (χ1v) is 9.62. The molecule has 0 aliphatic carbocycles. The molecule has 1 aliphatic rings. The lowest BCUT2D eigenvalue weighted by molar-refractivity contribution is 0.0770. The standard InChI is InChI=1S/C20H23N7O2/c1-3-27-17(9-10-21-27)20(29)26-11-15(18-22-13(2)24-25-18)16(12-26)23-19(28)14-7-5-4-6-8-14/h4-10,15-16H,3,11-12H2,1-2H3,(H,23,28)(H,22,24,25)/t15-,16-/m1/s1. The molecule has 3 aromatic rings. The third-order valence-electron chi connectivity index (χ3n) is 5.14. The number of H-pyrrole nitrogens is 1. The normalized spacial score (nSPS) is 18.8. The minimum atomic E-state index is -0.292. The number of rotatable bonds is 5. The first kappa shape index (κ1) is 18.9. The molecule has 9 heteroatoms. The third-order valence-corrected chi connectivity index (χ3v) is 5.14. The Kier molecular flexibility index (Phi) is 5.11. The summed E-state index contributed by atoms with van der Waals surface area (Å²) in [5.41, 5.74) is 1.11. The highest BCUT2D eigenvalue weighted by atomic mass is 16.2. The lowest BCUT2D eigenvalue weighted by atomic mass is 10.0. The van der Waals surface area contributed by atoms with Crippen LogP contribution in [0.2, 0.25) is 0 Å². The highest BCUT2D eigenvalue weighted by molar-refractivity contribution is 5.95. The van der Waals surface area contributed by atoms with Crippen molar-refractivity contribution in [3.8, 4) is 0 Å². The molecule has 4 rings (SSSR count). The van der Waals surface area contributed by atoms with E-state index in [4.69, 9.17) is 0 Å². The lowest BCUT2D eigenvalue weighted by Crippen LogP contribution is -2.40. The van der Waals surface area contributed by atoms with Gasteiger partial charge in [-0.15, -0.1) is 0 Å². The number of nitrogens with zero attached hydrogens (tertiary/aromatic N) is 5. The predicted octanol–water partition coefficient (Wildman–Crippen LogP) is 1.37. The highest BCUT2D eigenvalue weighted by Gasteiger charge is 2.40. The van der Waals surface area contributed by atoms with Crippen LogP contribution in [0.4, 0.5) is 0 Å². The summed E-state index contributed by atoms with van der Waals surface area (Å²) in [7, 11) is 0. The minimum absolute atomic E-state index is 0.113. The van der Waals surface area contributed by atoms with E-state index in [0.717, 1.165) is 0 Å². The Balaban J connectivity index is 1.58. The van der Waals surface area contributed by atoms with E-state index in [0.29, 0.717) is 42.5 Å². The monoisotopic (exact) mass is 393 g/mol. The number of aryl methyl sites for hydroxylation is 2. The molecule has 0 bridgehead atoms. The van der Waals surface area contributed by atoms with Crippen molar-refractivity contribution in [3.63, 3.8) is 0 Å². The Labute approximate surface area is 168 Å². The molecule has 9 nitrogen and oxygen atoms in total. The molecule has 1 saturated heterocycles. The minimum Gasteiger partial charge on any atom is -0.347 e. The van der Waals surface area contributed by atoms with Crippen LogP contribution < -0.4 is 5.32 Å². The van der Waals surface area contributed by atoms with Crippen LogP contribution in [0.3, 0.4) is 0 Å². The molecule has 2 aromatic heterocycles. The largest absolute Gasteiger partial charge is 0.347 e. The number of carbonyl (C=O) groups is 2. The fourth-order valence-electron chi connectivity index (χ4n) is 3.67. The maximum Gasteiger partial charge on any atom is 0.272 e. The predicted molar refractivity (Wildman–Crippen MR) is 105 cm³/mol. The first-order chi connectivity index (χ1) is 14.1. The van der Waals surface area contributed by atoms with Crippen LogP contribution in [-0.2, 0) is 6.54 Å². The van der Waals surface area contributed by atoms with E-state index >= 15 is 0 Å². The van der Waals surface area contributed by atoms with E-state index in [1.165, 1.54) is 0 Å². The number of carbonyl (C=O) groups excluding carboxylic acids is 2. The van der Waals surface area contributed by atoms with E-state index in [1.54, 1.807) is 34.0 Å². The maximum atomic E-state index is 13.1. The molecule has 1 fully saturated rings. The molecule has 0 saturated carbocycles. The second-order valence-electron chi connectivity index (χ2n) is 7.07. The Bertz CT molecular complexity index is 1010. The van der Waals surface area contributed by atoms with Crippen LogP contribution in [0, 0.1) is 6.92 Å². The summed E-state index contributed by atoms with van der Waals surface area (Å²) in [4.78, 5) is 32.0. The second-order valence-corrected chi connectivity index (χ2v) is 7.07. The second kappa shape index (κ2) is 7.86. The molecule has 1 aromatic carbocycles. The van der Waals surface area contributed by atoms with Crippen LogP contribution in [0.25, 0.3) is 0 Å². The number of amides is 2. The molecular formula is C20H23N7O2. The molecule has 0 spiro atoms. The van der Waals surface area contributed by atoms with Crippen molar-refractivity contribution in [1.29, 1.82) is 0 Å². The van der Waals surface area contributed by atoms with Gasteiger partial charge in [-0.25, -0.2) is 4.98 Å². The van der Waals surface area contributed by atoms with Crippen LogP contribution in [-0.4, -0.2) is 60.8 Å². The Morgan fingerprint density at radius 3 is 2.69 bits per heavy atom. The molecule has 2 amide bonds. The number of aromatic amines is 1. The van der Waals surface area contributed by atoms with Crippen molar-refractivity contribution in [3.05, 3.63) is 65.5 Å². The molecule has 2 N–H and O–H groups in total. The Hall–Kier alpha value is -3.49. The van der Waals surface area contributed by atoms with Gasteiger partial charge < -0.3 is 10.2 Å². The van der Waals surface area contributed by atoms with Gasteiger partial charge in [-0.2, -0.15) is 10.2 Å². The summed E-state index contributed by atoms with van der Waals surface area (Å²) in [5, 5.41) is 14.4. The zero-order valence-corrected chi connectivity index (χ0v) is 16.4. The molecule has 150 valence electrons. The molecule has 1 aliphatic heterocycles. The fourth-order valence-corrected chi connectivity index (χ4v) is 3.67. The molecule has 0 unspecified atom stereocenters. The summed E-state index contributed by atoms with van der Waals surface area (Å²) in [6, 6.07) is 10.5. The average molecular weight is 393 g/mol. The van der Waals surface area contributed by atoms with Crippen LogP contribution >= 0.6 is 0 Å². The summed E-state index contributed by atoms with van der Waals surface area (Å²) < 4.78 is 1.67. The van der Waals surface area contributed by atoms with E-state index in [-0.39, 0.29) is 23.8 Å². The molecule has 3 heterocycles. The van der Waals surface area contributed by atoms with Gasteiger partial charge in [-0.05, 0) is 32.0 Å².